The highest BCUT2D eigenvalue weighted by Gasteiger charge is 2.70. The summed E-state index contributed by atoms with van der Waals surface area (Å²) in [6, 6.07) is 0. The third kappa shape index (κ3) is 2.66. The molecule has 0 aromatic heterocycles. The minimum Gasteiger partial charge on any atom is -0.396 e. The van der Waals surface area contributed by atoms with Crippen molar-refractivity contribution in [3.63, 3.8) is 0 Å². The Bertz CT molecular complexity index is 786. The van der Waals surface area contributed by atoms with E-state index in [0.717, 1.165) is 18.3 Å². The van der Waals surface area contributed by atoms with Crippen LogP contribution in [-0.4, -0.2) is 22.9 Å². The van der Waals surface area contributed by atoms with Gasteiger partial charge in [-0.05, 0) is 128 Å². The normalized spacial score (nSPS) is 56.5. The summed E-state index contributed by atoms with van der Waals surface area (Å²) in [4.78, 5) is 0. The average molecular weight is 443 g/mol. The van der Waals surface area contributed by atoms with Gasteiger partial charge in [0.15, 0.2) is 0 Å². The Morgan fingerprint density at radius 3 is 2.19 bits per heavy atom. The monoisotopic (exact) mass is 442 g/mol. The van der Waals surface area contributed by atoms with Gasteiger partial charge in [-0.1, -0.05) is 46.8 Å². The third-order valence-corrected chi connectivity index (χ3v) is 13.5. The quantitative estimate of drug-likeness (QED) is 0.452. The van der Waals surface area contributed by atoms with E-state index in [4.69, 9.17) is 0 Å². The van der Waals surface area contributed by atoms with Gasteiger partial charge in [0.25, 0.3) is 0 Å². The summed E-state index contributed by atoms with van der Waals surface area (Å²) in [5, 5.41) is 21.5. The van der Waals surface area contributed by atoms with Crippen LogP contribution in [-0.2, 0) is 0 Å². The summed E-state index contributed by atoms with van der Waals surface area (Å²) in [5.74, 6) is 3.33. The predicted octanol–water partition coefficient (Wildman–Crippen LogP) is 7.00. The zero-order valence-corrected chi connectivity index (χ0v) is 21.8. The van der Waals surface area contributed by atoms with Crippen LogP contribution in [0.15, 0.2) is 12.2 Å². The summed E-state index contributed by atoms with van der Waals surface area (Å²) < 4.78 is 0. The molecule has 182 valence electrons. The molecule has 0 unspecified atom stereocenters. The van der Waals surface area contributed by atoms with E-state index >= 15 is 0 Å². The van der Waals surface area contributed by atoms with Crippen LogP contribution in [0.2, 0.25) is 0 Å². The van der Waals surface area contributed by atoms with E-state index in [2.05, 4.69) is 48.1 Å². The first-order chi connectivity index (χ1) is 14.9. The Morgan fingerprint density at radius 2 is 1.53 bits per heavy atom. The maximum atomic E-state index is 10.9. The summed E-state index contributed by atoms with van der Waals surface area (Å²) in [5.41, 5.74) is 2.60. The van der Waals surface area contributed by atoms with Gasteiger partial charge in [-0.3, -0.25) is 0 Å². The summed E-state index contributed by atoms with van der Waals surface area (Å²) >= 11 is 0. The lowest BCUT2D eigenvalue weighted by Crippen LogP contribution is -2.66. The van der Waals surface area contributed by atoms with Gasteiger partial charge in [0.1, 0.15) is 0 Å². The number of hydrogen-bond acceptors (Lipinski definition) is 2. The lowest BCUT2D eigenvalue weighted by Gasteiger charge is -2.73. The fraction of sp³-hybridized carbons (Fsp3) is 0.933. The van der Waals surface area contributed by atoms with E-state index in [-0.39, 0.29) is 16.9 Å². The molecule has 10 atom stereocenters. The molecule has 5 aliphatic carbocycles. The smallest absolute Gasteiger partial charge is 0.0594 e. The van der Waals surface area contributed by atoms with Gasteiger partial charge in [-0.15, -0.1) is 0 Å². The van der Waals surface area contributed by atoms with Crippen molar-refractivity contribution < 1.29 is 10.2 Å². The highest BCUT2D eigenvalue weighted by molar-refractivity contribution is 5.21. The zero-order valence-electron chi connectivity index (χ0n) is 21.8. The Hall–Kier alpha value is -0.340. The van der Waals surface area contributed by atoms with Crippen molar-refractivity contribution in [3.05, 3.63) is 12.2 Å². The molecular weight excluding hydrogens is 392 g/mol. The number of aliphatic hydroxyl groups is 2. The molecule has 2 nitrogen and oxygen atoms in total. The molecule has 2 heteroatoms. The summed E-state index contributed by atoms with van der Waals surface area (Å²) in [6.07, 6.45) is 12.2. The zero-order chi connectivity index (χ0) is 23.3. The molecular formula is C30H50O2. The first kappa shape index (κ1) is 23.4. The maximum Gasteiger partial charge on any atom is 0.0594 e. The fourth-order valence-corrected chi connectivity index (χ4v) is 11.5. The molecule has 0 saturated heterocycles. The van der Waals surface area contributed by atoms with Gasteiger partial charge >= 0.3 is 0 Å². The van der Waals surface area contributed by atoms with Gasteiger partial charge < -0.3 is 10.2 Å². The fourth-order valence-electron chi connectivity index (χ4n) is 11.5. The van der Waals surface area contributed by atoms with E-state index in [1.54, 1.807) is 0 Å². The second-order valence-electron chi connectivity index (χ2n) is 14.6. The Labute approximate surface area is 197 Å². The average Bonchev–Trinajstić information content (AvgIpc) is 3.12. The minimum absolute atomic E-state index is 0.0290. The summed E-state index contributed by atoms with van der Waals surface area (Å²) in [6.45, 7) is 19.7. The number of allylic oxidation sites excluding steroid dienone is 1. The number of hydrogen-bond donors (Lipinski definition) is 2. The molecule has 5 fully saturated rings. The molecule has 2 N–H and O–H groups in total. The highest BCUT2D eigenvalue weighted by atomic mass is 16.3. The molecule has 0 bridgehead atoms. The van der Waals surface area contributed by atoms with Gasteiger partial charge in [-0.25, -0.2) is 0 Å². The molecule has 0 aromatic rings. The van der Waals surface area contributed by atoms with Crippen LogP contribution in [0, 0.1) is 56.7 Å². The van der Waals surface area contributed by atoms with E-state index in [1.807, 2.05) is 0 Å². The van der Waals surface area contributed by atoms with Crippen molar-refractivity contribution in [1.29, 1.82) is 0 Å². The molecule has 0 spiro atoms. The van der Waals surface area contributed by atoms with E-state index < -0.39 is 0 Å². The van der Waals surface area contributed by atoms with Crippen LogP contribution in [0.1, 0.15) is 106 Å². The van der Waals surface area contributed by atoms with Crippen molar-refractivity contribution in [1.82, 2.24) is 0 Å². The minimum atomic E-state index is -0.147. The lowest BCUT2D eigenvalue weighted by molar-refractivity contribution is -0.249. The number of aliphatic hydroxyl groups excluding tert-OH is 2. The summed E-state index contributed by atoms with van der Waals surface area (Å²) in [7, 11) is 0. The lowest BCUT2D eigenvalue weighted by atomic mass is 9.32. The molecule has 0 aliphatic heterocycles. The van der Waals surface area contributed by atoms with Crippen LogP contribution >= 0.6 is 0 Å². The predicted molar refractivity (Wildman–Crippen MR) is 132 cm³/mol. The highest BCUT2D eigenvalue weighted by Crippen LogP contribution is 2.77. The molecule has 5 rings (SSSR count). The molecule has 0 radical (unpaired) electrons. The SMILES string of the molecule is C=C(C)[C@@H]1CC[C@]2(CO)CC[C@]3(C)[C@H](CC[C@H]4[C@]5(C)CC[C@H](O)C(C)(C)[C@@H]5CC[C@]43C)[C@@H]12. The first-order valence-corrected chi connectivity index (χ1v) is 13.8. The molecule has 0 heterocycles. The van der Waals surface area contributed by atoms with Crippen LogP contribution in [0.3, 0.4) is 0 Å². The van der Waals surface area contributed by atoms with E-state index in [0.29, 0.717) is 40.6 Å². The molecule has 5 saturated carbocycles. The van der Waals surface area contributed by atoms with Crippen molar-refractivity contribution in [2.75, 3.05) is 6.61 Å². The van der Waals surface area contributed by atoms with Crippen molar-refractivity contribution in [3.8, 4) is 0 Å². The molecule has 5 aliphatic rings. The van der Waals surface area contributed by atoms with Crippen molar-refractivity contribution >= 4 is 0 Å². The molecule has 0 amide bonds. The molecule has 0 aromatic carbocycles. The van der Waals surface area contributed by atoms with Crippen LogP contribution in [0.5, 0.6) is 0 Å². The topological polar surface area (TPSA) is 40.5 Å². The van der Waals surface area contributed by atoms with Crippen molar-refractivity contribution in [2.24, 2.45) is 56.7 Å². The van der Waals surface area contributed by atoms with Gasteiger partial charge in [0, 0.05) is 6.61 Å². The molecule has 32 heavy (non-hydrogen) atoms. The van der Waals surface area contributed by atoms with Crippen molar-refractivity contribution in [2.45, 2.75) is 112 Å². The Morgan fingerprint density at radius 1 is 0.812 bits per heavy atom. The largest absolute Gasteiger partial charge is 0.396 e. The third-order valence-electron chi connectivity index (χ3n) is 13.5. The van der Waals surface area contributed by atoms with E-state index in [9.17, 15) is 10.2 Å². The number of rotatable bonds is 2. The van der Waals surface area contributed by atoms with Crippen LogP contribution in [0.25, 0.3) is 0 Å². The standard InChI is InChI=1S/C30H50O2/c1-19(2)20-10-15-30(18-31)17-16-28(6)21(25(20)30)8-9-23-27(5)13-12-24(32)26(3,4)22(27)11-14-29(23,28)7/h20-25,31-32H,1,8-18H2,2-7H3/t20-,21+,22-,23-,24-,25+,27+,28+,29+,30+/m0/s1. The second-order valence-corrected chi connectivity index (χ2v) is 14.6. The van der Waals surface area contributed by atoms with Gasteiger partial charge in [-0.2, -0.15) is 0 Å². The van der Waals surface area contributed by atoms with Crippen LogP contribution in [0.4, 0.5) is 0 Å². The Kier molecular flexibility index (Phi) is 5.19. The first-order valence-electron chi connectivity index (χ1n) is 13.8. The number of fused-ring (bicyclic) bond motifs is 7. The maximum absolute atomic E-state index is 10.9. The Balaban J connectivity index is 1.55. The second kappa shape index (κ2) is 7.09. The van der Waals surface area contributed by atoms with Gasteiger partial charge in [0.2, 0.25) is 0 Å². The van der Waals surface area contributed by atoms with Crippen LogP contribution < -0.4 is 0 Å². The van der Waals surface area contributed by atoms with Gasteiger partial charge in [0.05, 0.1) is 6.10 Å². The van der Waals surface area contributed by atoms with E-state index in [1.165, 1.54) is 63.4 Å².